The van der Waals surface area contributed by atoms with Crippen molar-refractivity contribution >= 4 is 5.97 Å². The highest BCUT2D eigenvalue weighted by Crippen LogP contribution is 2.08. The van der Waals surface area contributed by atoms with Crippen molar-refractivity contribution in [1.82, 2.24) is 4.90 Å². The van der Waals surface area contributed by atoms with Crippen LogP contribution < -0.4 is 4.74 Å². The SMILES string of the molecule is C/C=C/C=C/C(=O)Oc1ccccc1.CCC[C@H](C)CN(C)C. The first-order chi connectivity index (χ1) is 11.0. The molecule has 0 bridgehead atoms. The summed E-state index contributed by atoms with van der Waals surface area (Å²) >= 11 is 0. The minimum atomic E-state index is -0.366. The summed E-state index contributed by atoms with van der Waals surface area (Å²) in [5.41, 5.74) is 0. The maximum absolute atomic E-state index is 11.1. The van der Waals surface area contributed by atoms with E-state index in [0.717, 1.165) is 5.92 Å². The summed E-state index contributed by atoms with van der Waals surface area (Å²) in [4.78, 5) is 13.4. The zero-order chi connectivity index (χ0) is 17.5. The van der Waals surface area contributed by atoms with Crippen molar-refractivity contribution in [3.63, 3.8) is 0 Å². The fourth-order valence-electron chi connectivity index (χ4n) is 2.09. The van der Waals surface area contributed by atoms with Crippen molar-refractivity contribution in [1.29, 1.82) is 0 Å². The quantitative estimate of drug-likeness (QED) is 0.316. The monoisotopic (exact) mass is 317 g/mol. The van der Waals surface area contributed by atoms with Crippen LogP contribution in [0.15, 0.2) is 54.6 Å². The van der Waals surface area contributed by atoms with Crippen LogP contribution in [0.3, 0.4) is 0 Å². The summed E-state index contributed by atoms with van der Waals surface area (Å²) in [5, 5.41) is 0. The lowest BCUT2D eigenvalue weighted by atomic mass is 10.1. The molecule has 0 fully saturated rings. The number of carbonyl (C=O) groups is 1. The molecule has 0 aromatic heterocycles. The van der Waals surface area contributed by atoms with Crippen molar-refractivity contribution in [2.24, 2.45) is 5.92 Å². The summed E-state index contributed by atoms with van der Waals surface area (Å²) in [5.74, 6) is 1.06. The Balaban J connectivity index is 0.000000468. The fraction of sp³-hybridized carbons (Fsp3) is 0.450. The Kier molecular flexibility index (Phi) is 12.7. The van der Waals surface area contributed by atoms with Gasteiger partial charge < -0.3 is 9.64 Å². The molecular weight excluding hydrogens is 286 g/mol. The smallest absolute Gasteiger partial charge is 0.336 e. The molecule has 0 saturated carbocycles. The van der Waals surface area contributed by atoms with Crippen molar-refractivity contribution in [3.8, 4) is 5.75 Å². The Morgan fingerprint density at radius 3 is 2.39 bits per heavy atom. The first kappa shape index (κ1) is 21.1. The van der Waals surface area contributed by atoms with E-state index in [-0.39, 0.29) is 5.97 Å². The van der Waals surface area contributed by atoms with Crippen LogP contribution in [0.5, 0.6) is 5.75 Å². The van der Waals surface area contributed by atoms with Crippen molar-refractivity contribution in [2.45, 2.75) is 33.6 Å². The topological polar surface area (TPSA) is 29.5 Å². The molecule has 0 N–H and O–H groups in total. The lowest BCUT2D eigenvalue weighted by Crippen LogP contribution is -2.19. The molecule has 23 heavy (non-hydrogen) atoms. The molecule has 0 aliphatic carbocycles. The molecule has 0 saturated heterocycles. The number of hydrogen-bond acceptors (Lipinski definition) is 3. The second-order valence-corrected chi connectivity index (χ2v) is 5.78. The summed E-state index contributed by atoms with van der Waals surface area (Å²) in [7, 11) is 4.26. The molecule has 1 rings (SSSR count). The molecule has 1 aromatic rings. The average molecular weight is 317 g/mol. The number of nitrogens with zero attached hydrogens (tertiary/aromatic N) is 1. The normalized spacial score (nSPS) is 12.3. The highest BCUT2D eigenvalue weighted by Gasteiger charge is 2.00. The van der Waals surface area contributed by atoms with Crippen LogP contribution in [0.1, 0.15) is 33.6 Å². The molecule has 128 valence electrons. The minimum Gasteiger partial charge on any atom is -0.423 e. The third kappa shape index (κ3) is 13.5. The van der Waals surface area contributed by atoms with E-state index in [9.17, 15) is 4.79 Å². The van der Waals surface area contributed by atoms with Gasteiger partial charge in [-0.05, 0) is 45.5 Å². The molecule has 0 aliphatic heterocycles. The minimum absolute atomic E-state index is 0.366. The van der Waals surface area contributed by atoms with Crippen LogP contribution in [0.4, 0.5) is 0 Å². The molecule has 1 aromatic carbocycles. The number of para-hydroxylation sites is 1. The maximum Gasteiger partial charge on any atom is 0.336 e. The zero-order valence-corrected chi connectivity index (χ0v) is 15.2. The third-order valence-corrected chi connectivity index (χ3v) is 2.96. The van der Waals surface area contributed by atoms with Gasteiger partial charge >= 0.3 is 5.97 Å². The first-order valence-electron chi connectivity index (χ1n) is 8.20. The van der Waals surface area contributed by atoms with Crippen molar-refractivity contribution < 1.29 is 9.53 Å². The second-order valence-electron chi connectivity index (χ2n) is 5.78. The van der Waals surface area contributed by atoms with Gasteiger partial charge in [-0.1, -0.05) is 56.7 Å². The summed E-state index contributed by atoms with van der Waals surface area (Å²) in [6, 6.07) is 8.98. The van der Waals surface area contributed by atoms with Gasteiger partial charge in [0, 0.05) is 12.6 Å². The van der Waals surface area contributed by atoms with E-state index < -0.39 is 0 Å². The molecule has 3 nitrogen and oxygen atoms in total. The van der Waals surface area contributed by atoms with Gasteiger partial charge in [-0.15, -0.1) is 0 Å². The Hall–Kier alpha value is -1.87. The van der Waals surface area contributed by atoms with Crippen molar-refractivity contribution in [3.05, 3.63) is 54.6 Å². The molecule has 3 heteroatoms. The van der Waals surface area contributed by atoms with Crippen LogP contribution >= 0.6 is 0 Å². The van der Waals surface area contributed by atoms with Gasteiger partial charge in [-0.3, -0.25) is 0 Å². The van der Waals surface area contributed by atoms with Crippen molar-refractivity contribution in [2.75, 3.05) is 20.6 Å². The maximum atomic E-state index is 11.1. The summed E-state index contributed by atoms with van der Waals surface area (Å²) in [6.45, 7) is 7.66. The van der Waals surface area contributed by atoms with Gasteiger partial charge in [0.15, 0.2) is 0 Å². The predicted octanol–water partition coefficient (Wildman–Crippen LogP) is 4.71. The molecular formula is C20H31NO2. The number of rotatable bonds is 7. The molecule has 0 radical (unpaired) electrons. The number of hydrogen-bond donors (Lipinski definition) is 0. The third-order valence-electron chi connectivity index (χ3n) is 2.96. The fourth-order valence-corrected chi connectivity index (χ4v) is 2.09. The highest BCUT2D eigenvalue weighted by molar-refractivity contribution is 5.84. The predicted molar refractivity (Wildman–Crippen MR) is 98.7 cm³/mol. The standard InChI is InChI=1S/C12H12O2.C8H19N/c1-2-3-5-10-12(13)14-11-8-6-4-7-9-11;1-5-6-8(2)7-9(3)4/h2-10H,1H3;8H,5-7H2,1-4H3/b3-2+,10-5+;/t;8-/m.0/s1. The van der Waals surface area contributed by atoms with Gasteiger partial charge in [0.2, 0.25) is 0 Å². The Labute approximate surface area is 141 Å². The number of carbonyl (C=O) groups excluding carboxylic acids is 1. The summed E-state index contributed by atoms with van der Waals surface area (Å²) in [6.07, 6.45) is 9.31. The average Bonchev–Trinajstić information content (AvgIpc) is 2.48. The van der Waals surface area contributed by atoms with E-state index in [4.69, 9.17) is 4.74 Å². The van der Waals surface area contributed by atoms with Gasteiger partial charge in [0.05, 0.1) is 0 Å². The highest BCUT2D eigenvalue weighted by atomic mass is 16.5. The molecule has 0 spiro atoms. The van der Waals surface area contributed by atoms with Crippen LogP contribution in [-0.4, -0.2) is 31.5 Å². The van der Waals surface area contributed by atoms with E-state index in [1.54, 1.807) is 24.3 Å². The number of ether oxygens (including phenoxy) is 1. The van der Waals surface area contributed by atoms with Gasteiger partial charge in [0.25, 0.3) is 0 Å². The van der Waals surface area contributed by atoms with E-state index in [1.807, 2.05) is 31.2 Å². The molecule has 0 unspecified atom stereocenters. The molecule has 1 atom stereocenters. The number of benzene rings is 1. The number of esters is 1. The Morgan fingerprint density at radius 1 is 1.22 bits per heavy atom. The van der Waals surface area contributed by atoms with Gasteiger partial charge in [0.1, 0.15) is 5.75 Å². The Bertz CT molecular complexity index is 464. The summed E-state index contributed by atoms with van der Waals surface area (Å²) < 4.78 is 5.00. The Morgan fingerprint density at radius 2 is 1.87 bits per heavy atom. The van der Waals surface area contributed by atoms with E-state index >= 15 is 0 Å². The lowest BCUT2D eigenvalue weighted by molar-refractivity contribution is -0.128. The second kappa shape index (κ2) is 13.8. The lowest BCUT2D eigenvalue weighted by Gasteiger charge is -2.15. The number of allylic oxidation sites excluding steroid dienone is 3. The van der Waals surface area contributed by atoms with Crippen LogP contribution in [0, 0.1) is 5.92 Å². The van der Waals surface area contributed by atoms with E-state index in [0.29, 0.717) is 5.75 Å². The molecule has 0 aliphatic rings. The van der Waals surface area contributed by atoms with E-state index in [1.165, 1.54) is 25.5 Å². The van der Waals surface area contributed by atoms with Crippen LogP contribution in [0.2, 0.25) is 0 Å². The van der Waals surface area contributed by atoms with Crippen LogP contribution in [0.25, 0.3) is 0 Å². The molecule has 0 heterocycles. The van der Waals surface area contributed by atoms with Gasteiger partial charge in [-0.25, -0.2) is 4.79 Å². The van der Waals surface area contributed by atoms with E-state index in [2.05, 4.69) is 32.8 Å². The zero-order valence-electron chi connectivity index (χ0n) is 15.2. The first-order valence-corrected chi connectivity index (χ1v) is 8.20. The van der Waals surface area contributed by atoms with Gasteiger partial charge in [-0.2, -0.15) is 0 Å². The molecule has 0 amide bonds. The van der Waals surface area contributed by atoms with Crippen LogP contribution in [-0.2, 0) is 4.79 Å². The largest absolute Gasteiger partial charge is 0.423 e.